The molecule has 0 atom stereocenters. The van der Waals surface area contributed by atoms with Crippen LogP contribution >= 0.6 is 24.0 Å². The molecule has 0 saturated heterocycles. The van der Waals surface area contributed by atoms with Crippen LogP contribution in [0, 0.1) is 6.92 Å². The summed E-state index contributed by atoms with van der Waals surface area (Å²) in [7, 11) is 0. The molecule has 1 heterocycles. The molecule has 0 saturated carbocycles. The first kappa shape index (κ1) is 16.6. The van der Waals surface area contributed by atoms with E-state index in [-0.39, 0.29) is 36.4 Å². The first-order valence-electron chi connectivity index (χ1n) is 6.13. The largest absolute Gasteiger partial charge is 0.462 e. The number of carbonyl (C=O) groups excluding carboxylic acids is 2. The lowest BCUT2D eigenvalue weighted by Crippen LogP contribution is -2.14. The van der Waals surface area contributed by atoms with Crippen molar-refractivity contribution in [3.05, 3.63) is 41.1 Å². The summed E-state index contributed by atoms with van der Waals surface area (Å²) in [5, 5.41) is 0.650. The molecule has 0 radical (unpaired) electrons. The first-order chi connectivity index (χ1) is 9.06. The SMILES string of the molecule is CCOC(=O)c1c(C(C)=O)c(C)nc2ccccc12.I. The van der Waals surface area contributed by atoms with Gasteiger partial charge in [-0.2, -0.15) is 0 Å². The quantitative estimate of drug-likeness (QED) is 0.461. The van der Waals surface area contributed by atoms with Crippen molar-refractivity contribution in [1.29, 1.82) is 0 Å². The zero-order valence-electron chi connectivity index (χ0n) is 11.6. The summed E-state index contributed by atoms with van der Waals surface area (Å²) in [5.41, 5.74) is 1.90. The Morgan fingerprint density at radius 3 is 2.45 bits per heavy atom. The molecule has 0 fully saturated rings. The van der Waals surface area contributed by atoms with E-state index in [1.165, 1.54) is 6.92 Å². The number of aromatic nitrogens is 1. The zero-order chi connectivity index (χ0) is 14.0. The number of Topliss-reactive ketones (excluding diaryl/α,β-unsaturated/α-hetero) is 1. The van der Waals surface area contributed by atoms with E-state index in [0.717, 1.165) is 0 Å². The van der Waals surface area contributed by atoms with Crippen molar-refractivity contribution in [2.75, 3.05) is 6.61 Å². The number of esters is 1. The van der Waals surface area contributed by atoms with Gasteiger partial charge in [-0.25, -0.2) is 4.79 Å². The van der Waals surface area contributed by atoms with Crippen molar-refractivity contribution in [1.82, 2.24) is 4.98 Å². The van der Waals surface area contributed by atoms with Crippen LogP contribution in [0.3, 0.4) is 0 Å². The van der Waals surface area contributed by atoms with E-state index in [9.17, 15) is 9.59 Å². The lowest BCUT2D eigenvalue weighted by Gasteiger charge is -2.12. The van der Waals surface area contributed by atoms with Crippen LogP contribution in [0.15, 0.2) is 24.3 Å². The summed E-state index contributed by atoms with van der Waals surface area (Å²) < 4.78 is 5.06. The number of hydrogen-bond acceptors (Lipinski definition) is 4. The number of benzene rings is 1. The Bertz CT molecular complexity index is 667. The van der Waals surface area contributed by atoms with Crippen molar-refractivity contribution >= 4 is 46.6 Å². The fourth-order valence-corrected chi connectivity index (χ4v) is 2.18. The van der Waals surface area contributed by atoms with E-state index in [4.69, 9.17) is 4.74 Å². The highest BCUT2D eigenvalue weighted by atomic mass is 127. The van der Waals surface area contributed by atoms with Gasteiger partial charge in [0, 0.05) is 11.1 Å². The lowest BCUT2D eigenvalue weighted by molar-refractivity contribution is 0.0525. The van der Waals surface area contributed by atoms with E-state index < -0.39 is 5.97 Å². The molecular weight excluding hydrogens is 369 g/mol. The molecule has 0 unspecified atom stereocenters. The Hall–Kier alpha value is -1.50. The maximum atomic E-state index is 12.1. The Labute approximate surface area is 134 Å². The second-order valence-electron chi connectivity index (χ2n) is 4.24. The summed E-state index contributed by atoms with van der Waals surface area (Å²) in [6.07, 6.45) is 0. The number of hydrogen-bond donors (Lipinski definition) is 0. The zero-order valence-corrected chi connectivity index (χ0v) is 13.9. The molecule has 0 aliphatic carbocycles. The van der Waals surface area contributed by atoms with Gasteiger partial charge < -0.3 is 4.74 Å². The molecule has 0 amide bonds. The lowest BCUT2D eigenvalue weighted by atomic mass is 9.98. The third-order valence-corrected chi connectivity index (χ3v) is 2.90. The van der Waals surface area contributed by atoms with E-state index in [2.05, 4.69) is 4.98 Å². The van der Waals surface area contributed by atoms with Crippen molar-refractivity contribution in [2.24, 2.45) is 0 Å². The minimum Gasteiger partial charge on any atom is -0.462 e. The van der Waals surface area contributed by atoms with Gasteiger partial charge in [0.25, 0.3) is 0 Å². The Morgan fingerprint density at radius 1 is 1.20 bits per heavy atom. The monoisotopic (exact) mass is 385 g/mol. The molecule has 0 bridgehead atoms. The topological polar surface area (TPSA) is 56.3 Å². The average molecular weight is 385 g/mol. The number of carbonyl (C=O) groups is 2. The second kappa shape index (κ2) is 6.78. The Balaban J connectivity index is 0.00000200. The first-order valence-corrected chi connectivity index (χ1v) is 6.13. The Morgan fingerprint density at radius 2 is 1.85 bits per heavy atom. The molecule has 5 heteroatoms. The van der Waals surface area contributed by atoms with E-state index in [1.54, 1.807) is 19.9 Å². The van der Waals surface area contributed by atoms with Crippen molar-refractivity contribution in [3.63, 3.8) is 0 Å². The fourth-order valence-electron chi connectivity index (χ4n) is 2.18. The molecule has 2 rings (SSSR count). The van der Waals surface area contributed by atoms with Gasteiger partial charge in [0.15, 0.2) is 5.78 Å². The van der Waals surface area contributed by atoms with Crippen LogP contribution in [0.1, 0.15) is 40.3 Å². The van der Waals surface area contributed by atoms with Crippen LogP contribution in [-0.4, -0.2) is 23.3 Å². The highest BCUT2D eigenvalue weighted by Gasteiger charge is 2.22. The summed E-state index contributed by atoms with van der Waals surface area (Å²) >= 11 is 0. The standard InChI is InChI=1S/C15H15NO3.HI/c1-4-19-15(18)14-11-7-5-6-8-12(11)16-9(2)13(14)10(3)17;/h5-8H,4H2,1-3H3;1H. The van der Waals surface area contributed by atoms with Gasteiger partial charge in [0.05, 0.1) is 23.3 Å². The number of ketones is 1. The molecule has 0 spiro atoms. The average Bonchev–Trinajstić information content (AvgIpc) is 2.36. The molecule has 0 N–H and O–H groups in total. The van der Waals surface area contributed by atoms with Crippen LogP contribution in [0.25, 0.3) is 10.9 Å². The maximum absolute atomic E-state index is 12.1. The van der Waals surface area contributed by atoms with E-state index >= 15 is 0 Å². The number of aryl methyl sites for hydroxylation is 1. The van der Waals surface area contributed by atoms with Crippen LogP contribution < -0.4 is 0 Å². The summed E-state index contributed by atoms with van der Waals surface area (Å²) in [5.74, 6) is -0.659. The molecule has 1 aromatic carbocycles. The van der Waals surface area contributed by atoms with Gasteiger partial charge in [-0.1, -0.05) is 18.2 Å². The minimum atomic E-state index is -0.477. The molecule has 4 nitrogen and oxygen atoms in total. The van der Waals surface area contributed by atoms with Gasteiger partial charge in [0.1, 0.15) is 0 Å². The second-order valence-corrected chi connectivity index (χ2v) is 4.24. The van der Waals surface area contributed by atoms with Crippen molar-refractivity contribution in [2.45, 2.75) is 20.8 Å². The Kier molecular flexibility index (Phi) is 5.62. The third kappa shape index (κ3) is 2.98. The van der Waals surface area contributed by atoms with Gasteiger partial charge in [0.2, 0.25) is 0 Å². The van der Waals surface area contributed by atoms with Crippen LogP contribution in [0.4, 0.5) is 0 Å². The number of para-hydroxylation sites is 1. The predicted octanol–water partition coefficient (Wildman–Crippen LogP) is 3.54. The van der Waals surface area contributed by atoms with E-state index in [1.807, 2.05) is 18.2 Å². The fraction of sp³-hybridized carbons (Fsp3) is 0.267. The van der Waals surface area contributed by atoms with Gasteiger partial charge in [-0.05, 0) is 26.8 Å². The number of pyridine rings is 1. The number of fused-ring (bicyclic) bond motifs is 1. The number of halogens is 1. The maximum Gasteiger partial charge on any atom is 0.339 e. The molecule has 1 aromatic heterocycles. The van der Waals surface area contributed by atoms with Gasteiger partial charge >= 0.3 is 5.97 Å². The summed E-state index contributed by atoms with van der Waals surface area (Å²) in [6, 6.07) is 7.25. The van der Waals surface area contributed by atoms with Gasteiger partial charge in [-0.3, -0.25) is 9.78 Å². The minimum absolute atomic E-state index is 0. The van der Waals surface area contributed by atoms with Gasteiger partial charge in [-0.15, -0.1) is 24.0 Å². The molecule has 106 valence electrons. The smallest absolute Gasteiger partial charge is 0.339 e. The van der Waals surface area contributed by atoms with E-state index in [0.29, 0.717) is 27.7 Å². The summed E-state index contributed by atoms with van der Waals surface area (Å²) in [6.45, 7) is 5.17. The highest BCUT2D eigenvalue weighted by molar-refractivity contribution is 14.0. The predicted molar refractivity (Wildman–Crippen MR) is 87.9 cm³/mol. The molecule has 2 aromatic rings. The van der Waals surface area contributed by atoms with Crippen LogP contribution in [-0.2, 0) is 4.74 Å². The van der Waals surface area contributed by atoms with Crippen LogP contribution in [0.2, 0.25) is 0 Å². The van der Waals surface area contributed by atoms with Crippen LogP contribution in [0.5, 0.6) is 0 Å². The highest BCUT2D eigenvalue weighted by Crippen LogP contribution is 2.24. The normalized spacial score (nSPS) is 9.95. The number of nitrogens with zero attached hydrogens (tertiary/aromatic N) is 1. The third-order valence-electron chi connectivity index (χ3n) is 2.90. The van der Waals surface area contributed by atoms with Crippen molar-refractivity contribution < 1.29 is 14.3 Å². The molecule has 0 aliphatic heterocycles. The summed E-state index contributed by atoms with van der Waals surface area (Å²) in [4.78, 5) is 28.3. The molecule has 0 aliphatic rings. The molecule has 20 heavy (non-hydrogen) atoms. The molecular formula is C15H16INO3. The number of ether oxygens (including phenoxy) is 1. The number of rotatable bonds is 3. The van der Waals surface area contributed by atoms with Crippen molar-refractivity contribution in [3.8, 4) is 0 Å².